The van der Waals surface area contributed by atoms with Gasteiger partial charge in [-0.15, -0.1) is 0 Å². The van der Waals surface area contributed by atoms with E-state index in [4.69, 9.17) is 0 Å². The zero-order chi connectivity index (χ0) is 22.3. The number of carbonyl (C=O) groups is 2. The van der Waals surface area contributed by atoms with Crippen molar-refractivity contribution in [1.29, 1.82) is 0 Å². The predicted octanol–water partition coefficient (Wildman–Crippen LogP) is 3.61. The Morgan fingerprint density at radius 1 is 1.10 bits per heavy atom. The first kappa shape index (κ1) is 23.0. The molecular formula is C22H26FN3O4. The van der Waals surface area contributed by atoms with Gasteiger partial charge in [0.05, 0.1) is 11.3 Å². The number of halogens is 1. The Bertz CT molecular complexity index is 919. The first-order chi connectivity index (χ1) is 14.2. The Balaban J connectivity index is 2.32. The summed E-state index contributed by atoms with van der Waals surface area (Å²) in [5.41, 5.74) is 0.325. The van der Waals surface area contributed by atoms with Crippen LogP contribution < -0.4 is 5.32 Å². The van der Waals surface area contributed by atoms with Gasteiger partial charge in [0.1, 0.15) is 11.9 Å². The molecule has 0 aliphatic heterocycles. The van der Waals surface area contributed by atoms with Gasteiger partial charge in [-0.05, 0) is 26.3 Å². The van der Waals surface area contributed by atoms with Crippen LogP contribution in [-0.4, -0.2) is 33.7 Å². The molecule has 2 aromatic carbocycles. The summed E-state index contributed by atoms with van der Waals surface area (Å²) >= 11 is 0. The van der Waals surface area contributed by atoms with E-state index < -0.39 is 22.7 Å². The SMILES string of the molecule is CC[C@H](C)NC(=O)[C@@H](C)N(Cc1ccccc1F)C(=O)Cc1ccccc1[N+](=O)[O-]. The molecule has 2 atom stereocenters. The highest BCUT2D eigenvalue weighted by Crippen LogP contribution is 2.21. The minimum absolute atomic E-state index is 0.0828. The van der Waals surface area contributed by atoms with Gasteiger partial charge in [0.2, 0.25) is 11.8 Å². The van der Waals surface area contributed by atoms with Gasteiger partial charge in [0.25, 0.3) is 5.69 Å². The lowest BCUT2D eigenvalue weighted by Gasteiger charge is -2.30. The third kappa shape index (κ3) is 5.85. The van der Waals surface area contributed by atoms with E-state index in [0.29, 0.717) is 0 Å². The summed E-state index contributed by atoms with van der Waals surface area (Å²) in [4.78, 5) is 37.7. The minimum Gasteiger partial charge on any atom is -0.352 e. The van der Waals surface area contributed by atoms with Gasteiger partial charge in [0, 0.05) is 29.8 Å². The van der Waals surface area contributed by atoms with Crippen LogP contribution in [-0.2, 0) is 22.6 Å². The van der Waals surface area contributed by atoms with Gasteiger partial charge < -0.3 is 10.2 Å². The summed E-state index contributed by atoms with van der Waals surface area (Å²) in [5.74, 6) is -1.36. The van der Waals surface area contributed by atoms with Gasteiger partial charge >= 0.3 is 0 Å². The van der Waals surface area contributed by atoms with Crippen molar-refractivity contribution in [3.05, 3.63) is 75.6 Å². The molecule has 0 fully saturated rings. The molecule has 0 radical (unpaired) electrons. The van der Waals surface area contributed by atoms with Crippen molar-refractivity contribution in [3.8, 4) is 0 Å². The second-order valence-corrected chi connectivity index (χ2v) is 7.17. The van der Waals surface area contributed by atoms with Crippen molar-refractivity contribution >= 4 is 17.5 Å². The molecule has 0 saturated heterocycles. The molecule has 8 heteroatoms. The lowest BCUT2D eigenvalue weighted by Crippen LogP contribution is -2.50. The van der Waals surface area contributed by atoms with E-state index in [1.165, 1.54) is 35.2 Å². The zero-order valence-electron chi connectivity index (χ0n) is 17.3. The Kier molecular flexibility index (Phi) is 8.03. The smallest absolute Gasteiger partial charge is 0.273 e. The molecule has 0 unspecified atom stereocenters. The molecule has 2 rings (SSSR count). The van der Waals surface area contributed by atoms with Gasteiger partial charge in [-0.2, -0.15) is 0 Å². The predicted molar refractivity (Wildman–Crippen MR) is 111 cm³/mol. The number of benzene rings is 2. The zero-order valence-corrected chi connectivity index (χ0v) is 17.3. The molecule has 30 heavy (non-hydrogen) atoms. The fourth-order valence-corrected chi connectivity index (χ4v) is 2.96. The lowest BCUT2D eigenvalue weighted by molar-refractivity contribution is -0.385. The van der Waals surface area contributed by atoms with Crippen LogP contribution in [0.2, 0.25) is 0 Å². The van der Waals surface area contributed by atoms with E-state index in [0.717, 1.165) is 6.42 Å². The number of nitrogens with one attached hydrogen (secondary N) is 1. The first-order valence-electron chi connectivity index (χ1n) is 9.80. The summed E-state index contributed by atoms with van der Waals surface area (Å²) in [6.45, 7) is 5.21. The number of hydrogen-bond acceptors (Lipinski definition) is 4. The Hall–Kier alpha value is -3.29. The maximum Gasteiger partial charge on any atom is 0.273 e. The van der Waals surface area contributed by atoms with Crippen molar-refractivity contribution in [3.63, 3.8) is 0 Å². The molecule has 0 bridgehead atoms. The summed E-state index contributed by atoms with van der Waals surface area (Å²) in [6.07, 6.45) is 0.447. The molecule has 0 aromatic heterocycles. The second-order valence-electron chi connectivity index (χ2n) is 7.17. The van der Waals surface area contributed by atoms with Crippen LogP contribution in [0, 0.1) is 15.9 Å². The van der Waals surface area contributed by atoms with Gasteiger partial charge in [-0.3, -0.25) is 19.7 Å². The normalized spacial score (nSPS) is 12.7. The molecule has 2 aromatic rings. The monoisotopic (exact) mass is 415 g/mol. The molecule has 0 spiro atoms. The van der Waals surface area contributed by atoms with Gasteiger partial charge in [0.15, 0.2) is 0 Å². The number of nitrogens with zero attached hydrogens (tertiary/aromatic N) is 2. The average Bonchev–Trinajstić information content (AvgIpc) is 2.72. The summed E-state index contributed by atoms with van der Waals surface area (Å²) < 4.78 is 14.2. The Morgan fingerprint density at radius 2 is 1.70 bits per heavy atom. The first-order valence-corrected chi connectivity index (χ1v) is 9.80. The van der Waals surface area contributed by atoms with E-state index in [9.17, 15) is 24.1 Å². The molecule has 1 N–H and O–H groups in total. The van der Waals surface area contributed by atoms with Crippen molar-refractivity contribution in [2.24, 2.45) is 0 Å². The molecule has 0 aliphatic carbocycles. The number of carbonyl (C=O) groups excluding carboxylic acids is 2. The molecule has 7 nitrogen and oxygen atoms in total. The van der Waals surface area contributed by atoms with Crippen LogP contribution in [0.25, 0.3) is 0 Å². The molecular weight excluding hydrogens is 389 g/mol. The van der Waals surface area contributed by atoms with Crippen LogP contribution in [0.4, 0.5) is 10.1 Å². The fraction of sp³-hybridized carbons (Fsp3) is 0.364. The van der Waals surface area contributed by atoms with Crippen LogP contribution in [0.15, 0.2) is 48.5 Å². The largest absolute Gasteiger partial charge is 0.352 e. The highest BCUT2D eigenvalue weighted by Gasteiger charge is 2.29. The maximum absolute atomic E-state index is 14.2. The molecule has 0 saturated carbocycles. The lowest BCUT2D eigenvalue weighted by atomic mass is 10.1. The number of rotatable bonds is 9. The van der Waals surface area contributed by atoms with Crippen LogP contribution in [0.5, 0.6) is 0 Å². The number of nitro benzene ring substituents is 1. The summed E-state index contributed by atoms with van der Waals surface area (Å²) in [7, 11) is 0. The van der Waals surface area contributed by atoms with Crippen molar-refractivity contribution in [2.75, 3.05) is 0 Å². The average molecular weight is 415 g/mol. The van der Waals surface area contributed by atoms with Crippen molar-refractivity contribution in [1.82, 2.24) is 10.2 Å². The third-order valence-corrected chi connectivity index (χ3v) is 5.00. The second kappa shape index (κ2) is 10.5. The van der Waals surface area contributed by atoms with E-state index in [1.807, 2.05) is 13.8 Å². The van der Waals surface area contributed by atoms with E-state index in [-0.39, 0.29) is 41.7 Å². The number of amides is 2. The van der Waals surface area contributed by atoms with Crippen LogP contribution >= 0.6 is 0 Å². The number of nitro groups is 1. The summed E-state index contributed by atoms with van der Waals surface area (Å²) in [6, 6.07) is 11.0. The third-order valence-electron chi connectivity index (χ3n) is 5.00. The van der Waals surface area contributed by atoms with E-state index in [2.05, 4.69) is 5.32 Å². The highest BCUT2D eigenvalue weighted by atomic mass is 19.1. The number of hydrogen-bond donors (Lipinski definition) is 1. The molecule has 160 valence electrons. The number of para-hydroxylation sites is 1. The topological polar surface area (TPSA) is 92.6 Å². The Labute approximate surface area is 175 Å². The standard InChI is InChI=1S/C22H26FN3O4/c1-4-15(2)24-22(28)16(3)25(14-18-10-5-7-11-19(18)23)21(27)13-17-9-6-8-12-20(17)26(29)30/h5-12,15-16H,4,13-14H2,1-3H3,(H,24,28)/t15-,16+/m0/s1. The maximum atomic E-state index is 14.2. The van der Waals surface area contributed by atoms with Crippen molar-refractivity contribution in [2.45, 2.75) is 52.2 Å². The molecule has 0 aliphatic rings. The molecule has 2 amide bonds. The summed E-state index contributed by atoms with van der Waals surface area (Å²) in [5, 5.41) is 14.1. The van der Waals surface area contributed by atoms with Crippen LogP contribution in [0.1, 0.15) is 38.3 Å². The van der Waals surface area contributed by atoms with Gasteiger partial charge in [-0.1, -0.05) is 43.3 Å². The van der Waals surface area contributed by atoms with Crippen molar-refractivity contribution < 1.29 is 18.9 Å². The van der Waals surface area contributed by atoms with E-state index in [1.54, 1.807) is 25.1 Å². The van der Waals surface area contributed by atoms with Gasteiger partial charge in [-0.25, -0.2) is 4.39 Å². The van der Waals surface area contributed by atoms with E-state index >= 15 is 0 Å². The van der Waals surface area contributed by atoms with Crippen LogP contribution in [0.3, 0.4) is 0 Å². The fourth-order valence-electron chi connectivity index (χ4n) is 2.96. The Morgan fingerprint density at radius 3 is 2.30 bits per heavy atom. The minimum atomic E-state index is -0.881. The molecule has 0 heterocycles. The highest BCUT2D eigenvalue weighted by molar-refractivity contribution is 5.88. The quantitative estimate of drug-likeness (QED) is 0.500.